The average Bonchev–Trinajstić information content (AvgIpc) is 2.56. The van der Waals surface area contributed by atoms with E-state index in [2.05, 4.69) is 23.3 Å². The molecule has 2 amide bonds. The second-order valence-electron chi connectivity index (χ2n) is 8.66. The van der Waals surface area contributed by atoms with Gasteiger partial charge in [-0.2, -0.15) is 12.6 Å². The smallest absolute Gasteiger partial charge is 0.235 e. The molecule has 1 saturated carbocycles. The number of carbonyl (C=O) groups is 2. The Morgan fingerprint density at radius 1 is 1.00 bits per heavy atom. The zero-order valence-corrected chi connectivity index (χ0v) is 17.2. The van der Waals surface area contributed by atoms with Crippen LogP contribution in [0, 0.1) is 11.3 Å². The second kappa shape index (κ2) is 8.47. The molecule has 26 heavy (non-hydrogen) atoms. The lowest BCUT2D eigenvalue weighted by molar-refractivity contribution is -0.125. The van der Waals surface area contributed by atoms with Crippen molar-refractivity contribution in [1.29, 1.82) is 0 Å². The number of rotatable bonds is 6. The Balaban J connectivity index is 1.82. The quantitative estimate of drug-likeness (QED) is 0.644. The largest absolute Gasteiger partial charge is 0.352 e. The number of hydrogen-bond donors (Lipinski definition) is 3. The maximum Gasteiger partial charge on any atom is 0.235 e. The van der Waals surface area contributed by atoms with Gasteiger partial charge in [-0.1, -0.05) is 32.0 Å². The van der Waals surface area contributed by atoms with Crippen LogP contribution in [0.15, 0.2) is 30.3 Å². The van der Waals surface area contributed by atoms with Crippen molar-refractivity contribution in [2.24, 2.45) is 11.3 Å². The van der Waals surface area contributed by atoms with Crippen molar-refractivity contribution in [1.82, 2.24) is 5.32 Å². The Hall–Kier alpha value is -1.49. The molecule has 1 aliphatic rings. The van der Waals surface area contributed by atoms with Crippen molar-refractivity contribution in [2.75, 3.05) is 5.32 Å². The molecule has 4 nitrogen and oxygen atoms in total. The molecule has 2 N–H and O–H groups in total. The molecule has 0 radical (unpaired) electrons. The number of benzene rings is 1. The summed E-state index contributed by atoms with van der Waals surface area (Å²) in [6, 6.07) is 9.82. The molecular formula is C21H32N2O2S. The van der Waals surface area contributed by atoms with E-state index in [1.807, 2.05) is 58.0 Å². The lowest BCUT2D eigenvalue weighted by Crippen LogP contribution is -2.45. The van der Waals surface area contributed by atoms with Gasteiger partial charge in [-0.15, -0.1) is 0 Å². The number of amides is 2. The molecule has 2 rings (SSSR count). The summed E-state index contributed by atoms with van der Waals surface area (Å²) in [6.45, 7) is 7.65. The number of thiol groups is 1. The Morgan fingerprint density at radius 3 is 2.12 bits per heavy atom. The predicted octanol–water partition coefficient (Wildman–Crippen LogP) is 4.42. The van der Waals surface area contributed by atoms with Crippen molar-refractivity contribution >= 4 is 30.1 Å². The molecule has 144 valence electrons. The van der Waals surface area contributed by atoms with Crippen LogP contribution in [0.2, 0.25) is 0 Å². The van der Waals surface area contributed by atoms with E-state index < -0.39 is 10.2 Å². The van der Waals surface area contributed by atoms with Crippen molar-refractivity contribution in [3.8, 4) is 0 Å². The van der Waals surface area contributed by atoms with Crippen LogP contribution in [0.5, 0.6) is 0 Å². The predicted molar refractivity (Wildman–Crippen MR) is 110 cm³/mol. The minimum atomic E-state index is -0.644. The first-order chi connectivity index (χ1) is 12.1. The summed E-state index contributed by atoms with van der Waals surface area (Å²) in [4.78, 5) is 24.7. The minimum absolute atomic E-state index is 0.00754. The summed E-state index contributed by atoms with van der Waals surface area (Å²) >= 11 is 4.33. The Morgan fingerprint density at radius 2 is 1.58 bits per heavy atom. The van der Waals surface area contributed by atoms with Crippen molar-refractivity contribution in [3.05, 3.63) is 30.3 Å². The van der Waals surface area contributed by atoms with Gasteiger partial charge in [0, 0.05) is 17.1 Å². The van der Waals surface area contributed by atoms with E-state index in [-0.39, 0.29) is 17.9 Å². The maximum absolute atomic E-state index is 12.7. The van der Waals surface area contributed by atoms with Gasteiger partial charge in [-0.25, -0.2) is 0 Å². The van der Waals surface area contributed by atoms with Gasteiger partial charge in [0.1, 0.15) is 0 Å². The monoisotopic (exact) mass is 376 g/mol. The highest BCUT2D eigenvalue weighted by atomic mass is 32.1. The first-order valence-electron chi connectivity index (χ1n) is 9.48. The fourth-order valence-corrected chi connectivity index (χ4v) is 3.57. The van der Waals surface area contributed by atoms with Gasteiger partial charge in [0.25, 0.3) is 0 Å². The second-order valence-corrected chi connectivity index (χ2v) is 9.78. The van der Waals surface area contributed by atoms with Crippen LogP contribution in [0.1, 0.15) is 59.8 Å². The first kappa shape index (κ1) is 20.8. The molecule has 1 aliphatic carbocycles. The molecule has 0 aromatic heterocycles. The summed E-state index contributed by atoms with van der Waals surface area (Å²) in [5.41, 5.74) is 0.426. The summed E-state index contributed by atoms with van der Waals surface area (Å²) in [5.74, 6) is 0.575. The number of carbonyl (C=O) groups excluding carboxylic acids is 2. The third-order valence-electron chi connectivity index (χ3n) is 5.18. The zero-order chi connectivity index (χ0) is 19.4. The Labute approximate surface area is 162 Å². The molecule has 0 aliphatic heterocycles. The molecular weight excluding hydrogens is 344 g/mol. The lowest BCUT2D eigenvalue weighted by atomic mass is 9.75. The highest BCUT2D eigenvalue weighted by molar-refractivity contribution is 7.82. The van der Waals surface area contributed by atoms with Gasteiger partial charge in [-0.3, -0.25) is 9.59 Å². The fourth-order valence-electron chi connectivity index (χ4n) is 3.51. The number of nitrogens with one attached hydrogen (secondary N) is 2. The van der Waals surface area contributed by atoms with E-state index in [0.29, 0.717) is 5.92 Å². The molecule has 0 saturated heterocycles. The number of anilines is 1. The molecule has 0 bridgehead atoms. The minimum Gasteiger partial charge on any atom is -0.352 e. The van der Waals surface area contributed by atoms with Crippen LogP contribution in [0.4, 0.5) is 5.69 Å². The number of para-hydroxylation sites is 1. The highest BCUT2D eigenvalue weighted by Crippen LogP contribution is 2.35. The van der Waals surface area contributed by atoms with Crippen LogP contribution >= 0.6 is 12.6 Å². The summed E-state index contributed by atoms with van der Waals surface area (Å²) < 4.78 is -0.644. The van der Waals surface area contributed by atoms with Crippen LogP contribution < -0.4 is 10.6 Å². The van der Waals surface area contributed by atoms with Gasteiger partial charge in [-0.05, 0) is 64.0 Å². The topological polar surface area (TPSA) is 58.2 Å². The van der Waals surface area contributed by atoms with E-state index in [1.165, 1.54) is 0 Å². The first-order valence-corrected chi connectivity index (χ1v) is 9.92. The van der Waals surface area contributed by atoms with Gasteiger partial charge in [0.05, 0.1) is 4.75 Å². The molecule has 1 aromatic carbocycles. The lowest BCUT2D eigenvalue weighted by Gasteiger charge is -2.34. The molecule has 0 atom stereocenters. The highest BCUT2D eigenvalue weighted by Gasteiger charge is 2.34. The Bertz CT molecular complexity index is 615. The third kappa shape index (κ3) is 6.04. The van der Waals surface area contributed by atoms with E-state index in [9.17, 15) is 9.59 Å². The van der Waals surface area contributed by atoms with Crippen molar-refractivity contribution in [2.45, 2.75) is 70.6 Å². The van der Waals surface area contributed by atoms with Crippen molar-refractivity contribution in [3.63, 3.8) is 0 Å². The van der Waals surface area contributed by atoms with Crippen LogP contribution in [-0.2, 0) is 9.59 Å². The standard InChI is InChI=1S/C21H32N2O2S/c1-20(2,18(24)22-16-8-6-5-7-9-16)14-15-10-12-17(13-11-15)23-19(25)21(3,4)26/h5-9,15,17,26H,10-14H2,1-4H3,(H,22,24)(H,23,25). The normalized spacial score (nSPS) is 21.1. The maximum atomic E-state index is 12.7. The fraction of sp³-hybridized carbons (Fsp3) is 0.619. The molecule has 0 spiro atoms. The SMILES string of the molecule is CC(C)(S)C(=O)NC1CCC(CC(C)(C)C(=O)Nc2ccccc2)CC1. The summed E-state index contributed by atoms with van der Waals surface area (Å²) in [7, 11) is 0. The molecule has 1 fully saturated rings. The molecule has 5 heteroatoms. The van der Waals surface area contributed by atoms with Crippen molar-refractivity contribution < 1.29 is 9.59 Å². The van der Waals surface area contributed by atoms with Gasteiger partial charge < -0.3 is 10.6 Å². The molecule has 1 aromatic rings. The zero-order valence-electron chi connectivity index (χ0n) is 16.3. The number of hydrogen-bond acceptors (Lipinski definition) is 3. The van der Waals surface area contributed by atoms with E-state index in [1.54, 1.807) is 0 Å². The Kier molecular flexibility index (Phi) is 6.78. The third-order valence-corrected chi connectivity index (χ3v) is 5.39. The van der Waals surface area contributed by atoms with Gasteiger partial charge in [0.15, 0.2) is 0 Å². The summed E-state index contributed by atoms with van der Waals surface area (Å²) in [6.07, 6.45) is 4.89. The van der Waals surface area contributed by atoms with Crippen LogP contribution in [0.25, 0.3) is 0 Å². The van der Waals surface area contributed by atoms with Gasteiger partial charge >= 0.3 is 0 Å². The van der Waals surface area contributed by atoms with E-state index in [4.69, 9.17) is 0 Å². The van der Waals surface area contributed by atoms with E-state index >= 15 is 0 Å². The summed E-state index contributed by atoms with van der Waals surface area (Å²) in [5, 5.41) is 6.12. The van der Waals surface area contributed by atoms with Crippen LogP contribution in [0.3, 0.4) is 0 Å². The van der Waals surface area contributed by atoms with Crippen LogP contribution in [-0.4, -0.2) is 22.6 Å². The van der Waals surface area contributed by atoms with Gasteiger partial charge in [0.2, 0.25) is 11.8 Å². The average molecular weight is 377 g/mol. The molecule has 0 unspecified atom stereocenters. The molecule has 0 heterocycles. The van der Waals surface area contributed by atoms with E-state index in [0.717, 1.165) is 37.8 Å².